The molecule has 3 aromatic rings. The number of amides is 1. The maximum Gasteiger partial charge on any atom is 0.421 e. The summed E-state index contributed by atoms with van der Waals surface area (Å²) in [6.07, 6.45) is 5.99. The molecule has 1 aromatic carbocycles. The standard InChI is InChI=1S/C30H33F4N5O4/c1-18-7-9-20(10-8-18)28(40)39(21-5-3-2-4-6-21)25-15-24(31)26(14-22(25)29(41)42)43-27-23(30(32,33)34)13-19(16-35-27)17-38-36-11-12-37-38/h11-16,18,20-21H,2-10,17H2,1H3,(H,41,42)/t18-,20-. The Morgan fingerprint density at radius 1 is 1.02 bits per heavy atom. The van der Waals surface area contributed by atoms with Crippen molar-refractivity contribution in [3.05, 3.63) is 59.3 Å². The molecule has 0 radical (unpaired) electrons. The monoisotopic (exact) mass is 603 g/mol. The second-order valence-corrected chi connectivity index (χ2v) is 11.4. The number of carboxylic acid groups (broad SMARTS) is 1. The minimum Gasteiger partial charge on any atom is -0.478 e. The molecule has 0 saturated heterocycles. The molecule has 0 spiro atoms. The molecule has 1 amide bonds. The van der Waals surface area contributed by atoms with Gasteiger partial charge >= 0.3 is 12.1 Å². The van der Waals surface area contributed by atoms with Gasteiger partial charge in [-0.25, -0.2) is 14.2 Å². The van der Waals surface area contributed by atoms with E-state index in [0.717, 1.165) is 56.5 Å². The highest BCUT2D eigenvalue weighted by molar-refractivity contribution is 6.03. The Morgan fingerprint density at radius 3 is 2.33 bits per heavy atom. The van der Waals surface area contributed by atoms with Gasteiger partial charge in [-0.2, -0.15) is 28.2 Å². The average Bonchev–Trinajstić information content (AvgIpc) is 3.48. The van der Waals surface area contributed by atoms with Crippen molar-refractivity contribution in [2.45, 2.75) is 83.5 Å². The van der Waals surface area contributed by atoms with Crippen molar-refractivity contribution in [3.8, 4) is 11.6 Å². The number of aromatic carboxylic acids is 1. The maximum atomic E-state index is 15.6. The Bertz CT molecular complexity index is 1450. The van der Waals surface area contributed by atoms with Gasteiger partial charge in [-0.3, -0.25) is 4.79 Å². The van der Waals surface area contributed by atoms with Gasteiger partial charge in [-0.1, -0.05) is 26.2 Å². The normalized spacial score (nSPS) is 19.7. The summed E-state index contributed by atoms with van der Waals surface area (Å²) in [4.78, 5) is 32.7. The quantitative estimate of drug-likeness (QED) is 0.280. The van der Waals surface area contributed by atoms with Crippen molar-refractivity contribution in [2.24, 2.45) is 11.8 Å². The summed E-state index contributed by atoms with van der Waals surface area (Å²) < 4.78 is 62.9. The van der Waals surface area contributed by atoms with Crippen LogP contribution >= 0.6 is 0 Å². The molecular formula is C30H33F4N5O4. The van der Waals surface area contributed by atoms with Crippen LogP contribution in [-0.2, 0) is 17.5 Å². The van der Waals surface area contributed by atoms with Gasteiger partial charge in [0.05, 0.1) is 30.2 Å². The number of carboxylic acids is 1. The first kappa shape index (κ1) is 30.4. The van der Waals surface area contributed by atoms with Crippen LogP contribution in [0.1, 0.15) is 86.2 Å². The number of hydrogen-bond donors (Lipinski definition) is 1. The van der Waals surface area contributed by atoms with Gasteiger partial charge in [-0.05, 0) is 56.1 Å². The van der Waals surface area contributed by atoms with Gasteiger partial charge in [0, 0.05) is 30.3 Å². The van der Waals surface area contributed by atoms with Crippen molar-refractivity contribution < 1.29 is 37.0 Å². The zero-order valence-corrected chi connectivity index (χ0v) is 23.7. The lowest BCUT2D eigenvalue weighted by molar-refractivity contribution is -0.139. The summed E-state index contributed by atoms with van der Waals surface area (Å²) in [7, 11) is 0. The number of rotatable bonds is 8. The van der Waals surface area contributed by atoms with E-state index in [-0.39, 0.29) is 35.7 Å². The third-order valence-electron chi connectivity index (χ3n) is 8.29. The molecule has 0 aliphatic heterocycles. The van der Waals surface area contributed by atoms with E-state index in [9.17, 15) is 27.9 Å². The molecular weight excluding hydrogens is 570 g/mol. The van der Waals surface area contributed by atoms with Gasteiger partial charge < -0.3 is 14.7 Å². The third-order valence-corrected chi connectivity index (χ3v) is 8.29. The van der Waals surface area contributed by atoms with Crippen LogP contribution in [0.3, 0.4) is 0 Å². The highest BCUT2D eigenvalue weighted by atomic mass is 19.4. The second kappa shape index (κ2) is 12.7. The first-order valence-corrected chi connectivity index (χ1v) is 14.5. The van der Waals surface area contributed by atoms with Crippen LogP contribution in [-0.4, -0.2) is 43.0 Å². The largest absolute Gasteiger partial charge is 0.478 e. The van der Waals surface area contributed by atoms with Crippen LogP contribution in [0.2, 0.25) is 0 Å². The Morgan fingerprint density at radius 2 is 1.70 bits per heavy atom. The van der Waals surface area contributed by atoms with E-state index in [4.69, 9.17) is 4.74 Å². The number of hydrogen-bond acceptors (Lipinski definition) is 6. The van der Waals surface area contributed by atoms with Gasteiger partial charge in [0.2, 0.25) is 11.8 Å². The van der Waals surface area contributed by atoms with Crippen LogP contribution in [0.15, 0.2) is 36.8 Å². The molecule has 43 heavy (non-hydrogen) atoms. The Balaban J connectivity index is 1.51. The number of halogens is 4. The molecule has 5 rings (SSSR count). The average molecular weight is 604 g/mol. The maximum absolute atomic E-state index is 15.6. The molecule has 2 heterocycles. The Hall–Kier alpha value is -4.03. The fourth-order valence-corrected chi connectivity index (χ4v) is 5.99. The summed E-state index contributed by atoms with van der Waals surface area (Å²) >= 11 is 0. The minimum absolute atomic E-state index is 0.0967. The van der Waals surface area contributed by atoms with Crippen molar-refractivity contribution in [2.75, 3.05) is 4.90 Å². The predicted molar refractivity (Wildman–Crippen MR) is 147 cm³/mol. The van der Waals surface area contributed by atoms with E-state index in [1.54, 1.807) is 0 Å². The van der Waals surface area contributed by atoms with Crippen LogP contribution in [0.5, 0.6) is 11.6 Å². The molecule has 0 atom stereocenters. The van der Waals surface area contributed by atoms with E-state index >= 15 is 4.39 Å². The number of ether oxygens (including phenoxy) is 1. The summed E-state index contributed by atoms with van der Waals surface area (Å²) in [5.41, 5.74) is -1.70. The molecule has 2 aliphatic rings. The van der Waals surface area contributed by atoms with Crippen LogP contribution in [0, 0.1) is 17.7 Å². The molecule has 0 unspecified atom stereocenters. The summed E-state index contributed by atoms with van der Waals surface area (Å²) in [5, 5.41) is 17.9. The third kappa shape index (κ3) is 6.97. The number of aromatic nitrogens is 4. The number of pyridine rings is 1. The van der Waals surface area contributed by atoms with E-state index in [1.807, 2.05) is 0 Å². The smallest absolute Gasteiger partial charge is 0.421 e. The van der Waals surface area contributed by atoms with Crippen molar-refractivity contribution in [1.29, 1.82) is 0 Å². The van der Waals surface area contributed by atoms with Gasteiger partial charge in [0.25, 0.3) is 0 Å². The summed E-state index contributed by atoms with van der Waals surface area (Å²) in [5.74, 6) is -4.32. The minimum atomic E-state index is -4.91. The highest BCUT2D eigenvalue weighted by Gasteiger charge is 2.38. The van der Waals surface area contributed by atoms with Crippen molar-refractivity contribution in [3.63, 3.8) is 0 Å². The zero-order chi connectivity index (χ0) is 30.7. The topological polar surface area (TPSA) is 110 Å². The Kier molecular flexibility index (Phi) is 8.97. The molecule has 2 fully saturated rings. The van der Waals surface area contributed by atoms with Gasteiger partial charge in [0.15, 0.2) is 11.6 Å². The summed E-state index contributed by atoms with van der Waals surface area (Å²) in [6.45, 7) is 2.03. The van der Waals surface area contributed by atoms with E-state index < -0.39 is 40.7 Å². The van der Waals surface area contributed by atoms with E-state index in [0.29, 0.717) is 31.6 Å². The Labute approximate surface area is 245 Å². The van der Waals surface area contributed by atoms with E-state index in [1.165, 1.54) is 22.1 Å². The lowest BCUT2D eigenvalue weighted by Crippen LogP contribution is -2.46. The van der Waals surface area contributed by atoms with E-state index in [2.05, 4.69) is 22.1 Å². The molecule has 13 heteroatoms. The molecule has 2 aromatic heterocycles. The molecule has 230 valence electrons. The highest BCUT2D eigenvalue weighted by Crippen LogP contribution is 2.41. The summed E-state index contributed by atoms with van der Waals surface area (Å²) in [6, 6.07) is 2.22. The SMILES string of the molecule is C[C@H]1CC[C@H](C(=O)N(c2cc(F)c(Oc3ncc(Cn4nccn4)cc3C(F)(F)F)cc2C(=O)O)C2CCCCC2)CC1. The lowest BCUT2D eigenvalue weighted by atomic mass is 9.81. The molecule has 0 bridgehead atoms. The number of carbonyl (C=O) groups excluding carboxylic acids is 1. The predicted octanol–water partition coefficient (Wildman–Crippen LogP) is 6.86. The van der Waals surface area contributed by atoms with Gasteiger partial charge in [0.1, 0.15) is 5.56 Å². The van der Waals surface area contributed by atoms with Crippen LogP contribution in [0.25, 0.3) is 0 Å². The van der Waals surface area contributed by atoms with Gasteiger partial charge in [-0.15, -0.1) is 0 Å². The molecule has 2 saturated carbocycles. The second-order valence-electron chi connectivity index (χ2n) is 11.4. The fraction of sp³-hybridized carbons (Fsp3) is 0.500. The number of alkyl halides is 3. The van der Waals surface area contributed by atoms with Crippen LogP contribution < -0.4 is 9.64 Å². The number of nitrogens with zero attached hydrogens (tertiary/aromatic N) is 5. The molecule has 9 nitrogen and oxygen atoms in total. The number of anilines is 1. The lowest BCUT2D eigenvalue weighted by Gasteiger charge is -2.38. The van der Waals surface area contributed by atoms with Crippen molar-refractivity contribution >= 4 is 17.6 Å². The number of benzene rings is 1. The first-order valence-electron chi connectivity index (χ1n) is 14.5. The molecule has 1 N–H and O–H groups in total. The first-order chi connectivity index (χ1) is 20.5. The number of carbonyl (C=O) groups is 2. The van der Waals surface area contributed by atoms with Crippen molar-refractivity contribution in [1.82, 2.24) is 20.0 Å². The fourth-order valence-electron chi connectivity index (χ4n) is 5.99. The molecule has 2 aliphatic carbocycles. The van der Waals surface area contributed by atoms with Crippen LogP contribution in [0.4, 0.5) is 23.2 Å². The zero-order valence-electron chi connectivity index (χ0n) is 23.7.